The molecule has 1 unspecified atom stereocenters. The number of carbonyl (C=O) groups is 2. The Hall–Kier alpha value is -1.19. The molecule has 1 aromatic rings. The molecule has 1 aromatic carbocycles. The average Bonchev–Trinajstić information content (AvgIpc) is 3.07. The van der Waals surface area contributed by atoms with Crippen LogP contribution in [0.5, 0.6) is 0 Å². The van der Waals surface area contributed by atoms with Crippen LogP contribution in [-0.4, -0.2) is 24.2 Å². The smallest absolute Gasteiger partial charge is 0.167 e. The van der Waals surface area contributed by atoms with Crippen LogP contribution in [0.3, 0.4) is 0 Å². The van der Waals surface area contributed by atoms with Gasteiger partial charge in [-0.1, -0.05) is 23.7 Å². The van der Waals surface area contributed by atoms with Crippen LogP contribution in [0, 0.1) is 0 Å². The van der Waals surface area contributed by atoms with Gasteiger partial charge in [-0.3, -0.25) is 9.59 Å². The van der Waals surface area contributed by atoms with Gasteiger partial charge in [-0.05, 0) is 30.5 Å². The first-order valence-corrected chi connectivity index (χ1v) is 6.58. The second-order valence-corrected chi connectivity index (χ2v) is 5.49. The minimum Gasteiger partial charge on any atom is -0.301 e. The Kier molecular flexibility index (Phi) is 2.76. The third-order valence-corrected chi connectivity index (χ3v) is 4.17. The summed E-state index contributed by atoms with van der Waals surface area (Å²) in [5.41, 5.74) is 0.542. The van der Waals surface area contributed by atoms with Crippen LogP contribution in [-0.2, 0) is 15.0 Å². The fraction of sp³-hybridized carbons (Fsp3) is 0.429. The molecule has 1 N–H and O–H groups in total. The highest BCUT2D eigenvalue weighted by Gasteiger charge is 2.54. The van der Waals surface area contributed by atoms with E-state index in [2.05, 4.69) is 5.32 Å². The molecular formula is C14H14ClNO2. The number of nitrogens with one attached hydrogen (secondary N) is 1. The maximum Gasteiger partial charge on any atom is 0.167 e. The number of hydrogen-bond acceptors (Lipinski definition) is 3. The summed E-state index contributed by atoms with van der Waals surface area (Å²) in [4.78, 5) is 24.2. The first kappa shape index (κ1) is 11.9. The lowest BCUT2D eigenvalue weighted by atomic mass is 9.87. The van der Waals surface area contributed by atoms with Gasteiger partial charge in [0, 0.05) is 18.0 Å². The molecule has 94 valence electrons. The summed E-state index contributed by atoms with van der Waals surface area (Å²) in [6.07, 6.45) is 2.13. The molecule has 1 saturated heterocycles. The Morgan fingerprint density at radius 3 is 2.44 bits per heavy atom. The van der Waals surface area contributed by atoms with Gasteiger partial charge >= 0.3 is 0 Å². The minimum atomic E-state index is -0.594. The molecule has 3 rings (SSSR count). The largest absolute Gasteiger partial charge is 0.301 e. The molecule has 1 aliphatic heterocycles. The van der Waals surface area contributed by atoms with E-state index >= 15 is 0 Å². The zero-order chi connectivity index (χ0) is 12.8. The zero-order valence-corrected chi connectivity index (χ0v) is 10.7. The van der Waals surface area contributed by atoms with E-state index in [9.17, 15) is 9.59 Å². The van der Waals surface area contributed by atoms with Crippen molar-refractivity contribution in [2.75, 3.05) is 6.54 Å². The SMILES string of the molecule is O=C1CCNC1C(=O)C1(c2ccc(Cl)cc2)CC1. The Labute approximate surface area is 111 Å². The number of carbonyl (C=O) groups excluding carboxylic acids is 2. The molecule has 0 aromatic heterocycles. The highest BCUT2D eigenvalue weighted by molar-refractivity contribution is 6.30. The topological polar surface area (TPSA) is 46.2 Å². The van der Waals surface area contributed by atoms with Crippen molar-refractivity contribution < 1.29 is 9.59 Å². The Morgan fingerprint density at radius 1 is 1.28 bits per heavy atom. The molecule has 1 saturated carbocycles. The van der Waals surface area contributed by atoms with Crippen LogP contribution in [0.25, 0.3) is 0 Å². The first-order valence-electron chi connectivity index (χ1n) is 6.20. The molecule has 2 fully saturated rings. The Bertz CT molecular complexity index is 505. The maximum absolute atomic E-state index is 12.5. The number of halogens is 1. The number of ketones is 2. The van der Waals surface area contributed by atoms with E-state index in [-0.39, 0.29) is 11.6 Å². The Balaban J connectivity index is 1.88. The van der Waals surface area contributed by atoms with Gasteiger partial charge in [0.05, 0.1) is 5.41 Å². The van der Waals surface area contributed by atoms with E-state index in [4.69, 9.17) is 11.6 Å². The molecular weight excluding hydrogens is 250 g/mol. The number of hydrogen-bond donors (Lipinski definition) is 1. The summed E-state index contributed by atoms with van der Waals surface area (Å²) in [5, 5.41) is 3.67. The van der Waals surface area contributed by atoms with Crippen molar-refractivity contribution in [2.24, 2.45) is 0 Å². The second kappa shape index (κ2) is 4.18. The molecule has 0 radical (unpaired) electrons. The van der Waals surface area contributed by atoms with Gasteiger partial charge in [-0.2, -0.15) is 0 Å². The molecule has 1 aliphatic carbocycles. The predicted molar refractivity (Wildman–Crippen MR) is 68.8 cm³/mol. The third-order valence-electron chi connectivity index (χ3n) is 3.92. The van der Waals surface area contributed by atoms with E-state index in [0.717, 1.165) is 18.4 Å². The van der Waals surface area contributed by atoms with Crippen LogP contribution in [0.2, 0.25) is 5.02 Å². The summed E-state index contributed by atoms with van der Waals surface area (Å²) in [7, 11) is 0. The van der Waals surface area contributed by atoms with Gasteiger partial charge in [-0.25, -0.2) is 0 Å². The normalized spacial score (nSPS) is 25.2. The monoisotopic (exact) mass is 263 g/mol. The summed E-state index contributed by atoms with van der Waals surface area (Å²) in [6.45, 7) is 0.617. The molecule has 4 heteroatoms. The average molecular weight is 264 g/mol. The van der Waals surface area contributed by atoms with Crippen LogP contribution >= 0.6 is 11.6 Å². The fourth-order valence-corrected chi connectivity index (χ4v) is 2.81. The quantitative estimate of drug-likeness (QED) is 0.847. The van der Waals surface area contributed by atoms with Crippen molar-refractivity contribution in [1.82, 2.24) is 5.32 Å². The number of rotatable bonds is 3. The van der Waals surface area contributed by atoms with Crippen molar-refractivity contribution in [3.8, 4) is 0 Å². The maximum atomic E-state index is 12.5. The zero-order valence-electron chi connectivity index (χ0n) is 9.91. The van der Waals surface area contributed by atoms with Gasteiger partial charge in [0.15, 0.2) is 11.6 Å². The number of benzene rings is 1. The van der Waals surface area contributed by atoms with Crippen molar-refractivity contribution in [3.63, 3.8) is 0 Å². The van der Waals surface area contributed by atoms with E-state index < -0.39 is 11.5 Å². The molecule has 3 nitrogen and oxygen atoms in total. The van der Waals surface area contributed by atoms with Crippen LogP contribution in [0.15, 0.2) is 24.3 Å². The van der Waals surface area contributed by atoms with Crippen LogP contribution < -0.4 is 5.32 Å². The van der Waals surface area contributed by atoms with Crippen LogP contribution in [0.4, 0.5) is 0 Å². The molecule has 1 atom stereocenters. The van der Waals surface area contributed by atoms with E-state index in [1.807, 2.05) is 12.1 Å². The van der Waals surface area contributed by atoms with E-state index in [1.165, 1.54) is 0 Å². The minimum absolute atomic E-state index is 0.0280. The molecule has 0 spiro atoms. The van der Waals surface area contributed by atoms with Crippen molar-refractivity contribution >= 4 is 23.2 Å². The Morgan fingerprint density at radius 2 is 1.94 bits per heavy atom. The van der Waals surface area contributed by atoms with Gasteiger partial charge in [-0.15, -0.1) is 0 Å². The highest BCUT2D eigenvalue weighted by atomic mass is 35.5. The van der Waals surface area contributed by atoms with Crippen molar-refractivity contribution in [1.29, 1.82) is 0 Å². The molecule has 2 aliphatic rings. The van der Waals surface area contributed by atoms with E-state index in [0.29, 0.717) is 18.0 Å². The third kappa shape index (κ3) is 1.78. The standard InChI is InChI=1S/C14H14ClNO2/c15-10-3-1-9(2-4-10)14(6-7-14)13(18)12-11(17)5-8-16-12/h1-4,12,16H,5-8H2. The first-order chi connectivity index (χ1) is 8.63. The highest BCUT2D eigenvalue weighted by Crippen LogP contribution is 2.50. The molecule has 0 bridgehead atoms. The van der Waals surface area contributed by atoms with Gasteiger partial charge in [0.1, 0.15) is 6.04 Å². The predicted octanol–water partition coefficient (Wildman–Crippen LogP) is 1.87. The fourth-order valence-electron chi connectivity index (χ4n) is 2.68. The van der Waals surface area contributed by atoms with Crippen molar-refractivity contribution in [3.05, 3.63) is 34.9 Å². The van der Waals surface area contributed by atoms with Crippen molar-refractivity contribution in [2.45, 2.75) is 30.7 Å². The van der Waals surface area contributed by atoms with E-state index in [1.54, 1.807) is 12.1 Å². The molecule has 18 heavy (non-hydrogen) atoms. The number of Topliss-reactive ketones (excluding diaryl/α,β-unsaturated/α-hetero) is 2. The van der Waals surface area contributed by atoms with Gasteiger partial charge in [0.25, 0.3) is 0 Å². The lowest BCUT2D eigenvalue weighted by Crippen LogP contribution is -2.42. The van der Waals surface area contributed by atoms with Crippen LogP contribution in [0.1, 0.15) is 24.8 Å². The summed E-state index contributed by atoms with van der Waals surface area (Å²) < 4.78 is 0. The van der Waals surface area contributed by atoms with Gasteiger partial charge < -0.3 is 5.32 Å². The summed E-state index contributed by atoms with van der Waals surface area (Å²) in [5.74, 6) is 0.0626. The lowest BCUT2D eigenvalue weighted by Gasteiger charge is -2.18. The molecule has 1 heterocycles. The summed E-state index contributed by atoms with van der Waals surface area (Å²) in [6, 6.07) is 6.80. The molecule has 0 amide bonds. The van der Waals surface area contributed by atoms with Gasteiger partial charge in [0.2, 0.25) is 0 Å². The second-order valence-electron chi connectivity index (χ2n) is 5.06. The summed E-state index contributed by atoms with van der Waals surface area (Å²) >= 11 is 5.86. The lowest BCUT2D eigenvalue weighted by molar-refractivity contribution is -0.129.